The van der Waals surface area contributed by atoms with Crippen molar-refractivity contribution in [1.82, 2.24) is 21.5 Å². The van der Waals surface area contributed by atoms with Gasteiger partial charge in [0.25, 0.3) is 17.7 Å². The van der Waals surface area contributed by atoms with Gasteiger partial charge >= 0.3 is 0 Å². The van der Waals surface area contributed by atoms with E-state index in [1.165, 1.54) is 25.3 Å². The van der Waals surface area contributed by atoms with Gasteiger partial charge in [-0.2, -0.15) is 0 Å². The summed E-state index contributed by atoms with van der Waals surface area (Å²) in [6.07, 6.45) is 0.446. The summed E-state index contributed by atoms with van der Waals surface area (Å²) in [6, 6.07) is 9.73. The fourth-order valence-corrected chi connectivity index (χ4v) is 2.21. The van der Waals surface area contributed by atoms with E-state index < -0.39 is 36.3 Å². The topological polar surface area (TPSA) is 148 Å². The van der Waals surface area contributed by atoms with Gasteiger partial charge in [0.05, 0.1) is 26.0 Å². The van der Waals surface area contributed by atoms with Crippen molar-refractivity contribution in [2.75, 3.05) is 19.7 Å². The molecule has 31 heavy (non-hydrogen) atoms. The number of hydrogen-bond donors (Lipinski definition) is 4. The second-order valence-corrected chi connectivity index (χ2v) is 6.14. The Morgan fingerprint density at radius 3 is 2.26 bits per heavy atom. The third kappa shape index (κ3) is 8.09. The van der Waals surface area contributed by atoms with Gasteiger partial charge in [0, 0.05) is 0 Å². The molecular weight excluding hydrogens is 408 g/mol. The molecule has 0 radical (unpaired) electrons. The summed E-state index contributed by atoms with van der Waals surface area (Å²) < 4.78 is 15.7. The first-order chi connectivity index (χ1) is 14.9. The molecule has 0 aliphatic carbocycles. The van der Waals surface area contributed by atoms with Crippen LogP contribution in [0.25, 0.3) is 0 Å². The van der Waals surface area contributed by atoms with Crippen LogP contribution in [0.4, 0.5) is 0 Å². The molecule has 1 atom stereocenters. The Labute approximate surface area is 178 Å². The standard InChI is InChI=1S/C20H24N4O7/c1-3-29-14-6-8-15(9-7-14)31-13(2)19(27)24-23-18(26)12-21-17(25)11-22-20(28)16-5-4-10-30-16/h4-10,13H,3,11-12H2,1-2H3,(H,21,25)(H,22,28)(H,23,26)(H,24,27). The van der Waals surface area contributed by atoms with E-state index in [1.54, 1.807) is 24.3 Å². The average Bonchev–Trinajstić information content (AvgIpc) is 3.31. The summed E-state index contributed by atoms with van der Waals surface area (Å²) in [5.74, 6) is -1.18. The zero-order chi connectivity index (χ0) is 22.6. The number of hydrazine groups is 1. The van der Waals surface area contributed by atoms with E-state index in [4.69, 9.17) is 13.9 Å². The van der Waals surface area contributed by atoms with Gasteiger partial charge in [0.2, 0.25) is 5.91 Å². The van der Waals surface area contributed by atoms with E-state index in [2.05, 4.69) is 21.5 Å². The van der Waals surface area contributed by atoms with Gasteiger partial charge in [-0.3, -0.25) is 30.0 Å². The molecule has 166 valence electrons. The maximum absolute atomic E-state index is 12.0. The highest BCUT2D eigenvalue weighted by Gasteiger charge is 2.16. The lowest BCUT2D eigenvalue weighted by atomic mass is 10.3. The molecule has 0 bridgehead atoms. The first-order valence-electron chi connectivity index (χ1n) is 9.45. The van der Waals surface area contributed by atoms with Crippen LogP contribution in [0.15, 0.2) is 47.1 Å². The molecule has 4 amide bonds. The first-order valence-corrected chi connectivity index (χ1v) is 9.45. The second-order valence-electron chi connectivity index (χ2n) is 6.14. The molecule has 11 nitrogen and oxygen atoms in total. The van der Waals surface area contributed by atoms with Crippen LogP contribution in [-0.4, -0.2) is 49.4 Å². The van der Waals surface area contributed by atoms with Gasteiger partial charge in [0.15, 0.2) is 11.9 Å². The number of benzene rings is 1. The lowest BCUT2D eigenvalue weighted by molar-refractivity contribution is -0.132. The Morgan fingerprint density at radius 2 is 1.61 bits per heavy atom. The molecule has 0 saturated heterocycles. The van der Waals surface area contributed by atoms with Gasteiger partial charge in [0.1, 0.15) is 11.5 Å². The molecule has 1 heterocycles. The molecule has 0 aliphatic heterocycles. The predicted molar refractivity (Wildman–Crippen MR) is 108 cm³/mol. The van der Waals surface area contributed by atoms with Crippen LogP contribution in [0.2, 0.25) is 0 Å². The van der Waals surface area contributed by atoms with E-state index in [1.807, 2.05) is 6.92 Å². The van der Waals surface area contributed by atoms with E-state index >= 15 is 0 Å². The molecular formula is C20H24N4O7. The lowest BCUT2D eigenvalue weighted by Gasteiger charge is -2.15. The number of amides is 4. The van der Waals surface area contributed by atoms with Crippen LogP contribution in [0.3, 0.4) is 0 Å². The van der Waals surface area contributed by atoms with Crippen molar-refractivity contribution in [2.24, 2.45) is 0 Å². The molecule has 1 aromatic heterocycles. The van der Waals surface area contributed by atoms with Crippen molar-refractivity contribution in [3.8, 4) is 11.5 Å². The van der Waals surface area contributed by atoms with E-state index in [0.717, 1.165) is 0 Å². The summed E-state index contributed by atoms with van der Waals surface area (Å²) in [5, 5.41) is 4.64. The normalized spacial score (nSPS) is 11.0. The largest absolute Gasteiger partial charge is 0.494 e. The summed E-state index contributed by atoms with van der Waals surface area (Å²) in [7, 11) is 0. The van der Waals surface area contributed by atoms with Gasteiger partial charge in [-0.05, 0) is 50.2 Å². The SMILES string of the molecule is CCOc1ccc(OC(C)C(=O)NNC(=O)CNC(=O)CNC(=O)c2ccco2)cc1. The van der Waals surface area contributed by atoms with E-state index in [-0.39, 0.29) is 12.3 Å². The van der Waals surface area contributed by atoms with Crippen LogP contribution in [0.1, 0.15) is 24.4 Å². The summed E-state index contributed by atoms with van der Waals surface area (Å²) in [4.78, 5) is 47.1. The fraction of sp³-hybridized carbons (Fsp3) is 0.300. The number of ether oxygens (including phenoxy) is 2. The minimum absolute atomic E-state index is 0.0647. The highest BCUT2D eigenvalue weighted by molar-refractivity contribution is 5.94. The highest BCUT2D eigenvalue weighted by Crippen LogP contribution is 2.18. The smallest absolute Gasteiger partial charge is 0.287 e. The number of hydrogen-bond acceptors (Lipinski definition) is 7. The van der Waals surface area contributed by atoms with Crippen molar-refractivity contribution < 1.29 is 33.1 Å². The van der Waals surface area contributed by atoms with Crippen molar-refractivity contribution in [3.63, 3.8) is 0 Å². The molecule has 2 aromatic rings. The van der Waals surface area contributed by atoms with Crippen LogP contribution in [0, 0.1) is 0 Å². The number of carbonyl (C=O) groups excluding carboxylic acids is 4. The van der Waals surface area contributed by atoms with Crippen molar-refractivity contribution in [2.45, 2.75) is 20.0 Å². The summed E-state index contributed by atoms with van der Waals surface area (Å²) in [5.41, 5.74) is 4.37. The number of nitrogens with one attached hydrogen (secondary N) is 4. The second kappa shape index (κ2) is 11.9. The van der Waals surface area contributed by atoms with Crippen LogP contribution >= 0.6 is 0 Å². The van der Waals surface area contributed by atoms with Crippen molar-refractivity contribution >= 4 is 23.6 Å². The molecule has 1 aromatic carbocycles. The van der Waals surface area contributed by atoms with Crippen LogP contribution in [-0.2, 0) is 14.4 Å². The molecule has 2 rings (SSSR count). The fourth-order valence-electron chi connectivity index (χ4n) is 2.21. The van der Waals surface area contributed by atoms with Gasteiger partial charge in [-0.1, -0.05) is 0 Å². The van der Waals surface area contributed by atoms with Crippen molar-refractivity contribution in [1.29, 1.82) is 0 Å². The molecule has 11 heteroatoms. The van der Waals surface area contributed by atoms with Crippen molar-refractivity contribution in [3.05, 3.63) is 48.4 Å². The monoisotopic (exact) mass is 432 g/mol. The molecule has 0 spiro atoms. The third-order valence-electron chi connectivity index (χ3n) is 3.74. The molecule has 0 fully saturated rings. The average molecular weight is 432 g/mol. The Balaban J connectivity index is 1.63. The van der Waals surface area contributed by atoms with Gasteiger partial charge < -0.3 is 24.5 Å². The molecule has 0 aliphatic rings. The van der Waals surface area contributed by atoms with Gasteiger partial charge in [-0.15, -0.1) is 0 Å². The zero-order valence-corrected chi connectivity index (χ0v) is 17.1. The number of carbonyl (C=O) groups is 4. The quantitative estimate of drug-likeness (QED) is 0.390. The minimum Gasteiger partial charge on any atom is -0.494 e. The molecule has 0 saturated carbocycles. The maximum atomic E-state index is 12.0. The zero-order valence-electron chi connectivity index (χ0n) is 17.1. The Bertz CT molecular complexity index is 881. The lowest BCUT2D eigenvalue weighted by Crippen LogP contribution is -2.50. The Hall–Kier alpha value is -4.02. The van der Waals surface area contributed by atoms with Crippen LogP contribution in [0.5, 0.6) is 11.5 Å². The first kappa shape index (κ1) is 23.3. The number of rotatable bonds is 10. The minimum atomic E-state index is -0.885. The molecule has 1 unspecified atom stereocenters. The maximum Gasteiger partial charge on any atom is 0.287 e. The molecule has 4 N–H and O–H groups in total. The van der Waals surface area contributed by atoms with E-state index in [9.17, 15) is 19.2 Å². The predicted octanol–water partition coefficient (Wildman–Crippen LogP) is 0.139. The summed E-state index contributed by atoms with van der Waals surface area (Å²) >= 11 is 0. The Morgan fingerprint density at radius 1 is 0.935 bits per heavy atom. The Kier molecular flexibility index (Phi) is 8.90. The van der Waals surface area contributed by atoms with Gasteiger partial charge in [-0.25, -0.2) is 0 Å². The van der Waals surface area contributed by atoms with Crippen LogP contribution < -0.4 is 31.0 Å². The number of furan rings is 1. The summed E-state index contributed by atoms with van der Waals surface area (Å²) in [6.45, 7) is 3.19. The highest BCUT2D eigenvalue weighted by atomic mass is 16.5. The van der Waals surface area contributed by atoms with E-state index in [0.29, 0.717) is 18.1 Å². The third-order valence-corrected chi connectivity index (χ3v) is 3.74.